The van der Waals surface area contributed by atoms with Crippen LogP contribution in [0.15, 0.2) is 6.33 Å². The van der Waals surface area contributed by atoms with Crippen molar-refractivity contribution < 1.29 is 14.9 Å². The van der Waals surface area contributed by atoms with Gasteiger partial charge >= 0.3 is 0 Å². The number of nitrogen functional groups attached to an aromatic ring is 1. The molecule has 1 fully saturated rings. The molecule has 3 heterocycles. The van der Waals surface area contributed by atoms with E-state index in [1.54, 1.807) is 4.57 Å². The Morgan fingerprint density at radius 3 is 3.00 bits per heavy atom. The van der Waals surface area contributed by atoms with Crippen molar-refractivity contribution in [3.8, 4) is 12.3 Å². The maximum atomic E-state index is 9.82. The minimum atomic E-state index is -0.771. The molecule has 0 amide bonds. The Labute approximate surface area is 114 Å². The summed E-state index contributed by atoms with van der Waals surface area (Å²) < 4.78 is 7.17. The molecule has 0 spiro atoms. The number of rotatable bonds is 2. The molecule has 3 rings (SSSR count). The molecule has 2 aromatic rings. The first-order chi connectivity index (χ1) is 9.65. The highest BCUT2D eigenvalue weighted by Crippen LogP contribution is 2.32. The minimum Gasteiger partial charge on any atom is -0.394 e. The molecular weight excluding hydrogens is 262 g/mol. The summed E-state index contributed by atoms with van der Waals surface area (Å²) in [5.74, 6) is 2.96. The van der Waals surface area contributed by atoms with E-state index in [4.69, 9.17) is 22.0 Å². The van der Waals surface area contributed by atoms with E-state index in [0.717, 1.165) is 0 Å². The lowest BCUT2D eigenvalue weighted by Crippen LogP contribution is -2.24. The Kier molecular flexibility index (Phi) is 3.02. The summed E-state index contributed by atoms with van der Waals surface area (Å²) in [7, 11) is 0. The van der Waals surface area contributed by atoms with Crippen LogP contribution in [0.1, 0.15) is 18.5 Å². The number of fused-ring (bicyclic) bond motifs is 1. The Bertz CT molecular complexity index is 692. The van der Waals surface area contributed by atoms with E-state index >= 15 is 0 Å². The van der Waals surface area contributed by atoms with E-state index in [0.29, 0.717) is 17.0 Å². The van der Waals surface area contributed by atoms with Crippen LogP contribution >= 0.6 is 0 Å². The number of hydrogen-bond donors (Lipinski definition) is 3. The number of nitrogens with zero attached hydrogens (tertiary/aromatic N) is 4. The Morgan fingerprint density at radius 2 is 2.35 bits per heavy atom. The van der Waals surface area contributed by atoms with E-state index in [1.807, 2.05) is 0 Å². The maximum absolute atomic E-state index is 9.82. The molecule has 20 heavy (non-hydrogen) atoms. The average Bonchev–Trinajstić information content (AvgIpc) is 2.99. The predicted octanol–water partition coefficient (Wildman–Crippen LogP) is -0.970. The summed E-state index contributed by atoms with van der Waals surface area (Å²) in [4.78, 5) is 12.2. The van der Waals surface area contributed by atoms with Gasteiger partial charge in [-0.1, -0.05) is 0 Å². The summed E-state index contributed by atoms with van der Waals surface area (Å²) in [6.07, 6.45) is 5.07. The van der Waals surface area contributed by atoms with Crippen LogP contribution in [0.4, 0.5) is 5.82 Å². The van der Waals surface area contributed by atoms with Crippen molar-refractivity contribution in [2.75, 3.05) is 12.3 Å². The Hall–Kier alpha value is -2.21. The number of aliphatic hydroxyl groups is 2. The lowest BCUT2D eigenvalue weighted by Gasteiger charge is -2.14. The van der Waals surface area contributed by atoms with Crippen molar-refractivity contribution in [2.45, 2.75) is 24.9 Å². The molecular formula is C12H13N5O3. The first kappa shape index (κ1) is 12.8. The van der Waals surface area contributed by atoms with Crippen molar-refractivity contribution in [3.05, 3.63) is 12.2 Å². The quantitative estimate of drug-likeness (QED) is 0.603. The molecule has 8 heteroatoms. The van der Waals surface area contributed by atoms with Crippen molar-refractivity contribution in [3.63, 3.8) is 0 Å². The van der Waals surface area contributed by atoms with Crippen LogP contribution < -0.4 is 5.73 Å². The highest BCUT2D eigenvalue weighted by Gasteiger charge is 2.36. The third kappa shape index (κ3) is 1.80. The zero-order valence-electron chi connectivity index (χ0n) is 10.5. The second kappa shape index (κ2) is 4.72. The molecule has 104 valence electrons. The third-order valence-electron chi connectivity index (χ3n) is 3.31. The van der Waals surface area contributed by atoms with Gasteiger partial charge in [-0.15, -0.1) is 6.42 Å². The fourth-order valence-corrected chi connectivity index (χ4v) is 2.34. The molecule has 1 aliphatic rings. The number of aromatic nitrogens is 4. The van der Waals surface area contributed by atoms with Gasteiger partial charge in [0.15, 0.2) is 22.8 Å². The van der Waals surface area contributed by atoms with Gasteiger partial charge in [-0.3, -0.25) is 4.57 Å². The van der Waals surface area contributed by atoms with Gasteiger partial charge in [-0.2, -0.15) is 0 Å². The van der Waals surface area contributed by atoms with Crippen molar-refractivity contribution in [2.24, 2.45) is 0 Å². The Morgan fingerprint density at radius 1 is 1.55 bits per heavy atom. The van der Waals surface area contributed by atoms with Crippen LogP contribution in [-0.4, -0.2) is 48.5 Å². The standard InChI is InChI=1S/C12H13N5O3/c1-2-8-16-10-11(13)14-5-15-12(10)17(8)9-3-6(19)7(4-18)20-9/h1,5-7,9,18-19H,3-4H2,(H2,13,14,15)/t6?,7-,9-/m1/s1. The van der Waals surface area contributed by atoms with Crippen LogP contribution in [0.25, 0.3) is 11.2 Å². The summed E-state index contributed by atoms with van der Waals surface area (Å²) >= 11 is 0. The number of ether oxygens (including phenoxy) is 1. The number of aliphatic hydroxyl groups excluding tert-OH is 2. The molecule has 3 atom stereocenters. The predicted molar refractivity (Wildman–Crippen MR) is 69.3 cm³/mol. The van der Waals surface area contributed by atoms with Crippen LogP contribution in [0.2, 0.25) is 0 Å². The topological polar surface area (TPSA) is 119 Å². The fraction of sp³-hybridized carbons (Fsp3) is 0.417. The summed E-state index contributed by atoms with van der Waals surface area (Å²) in [5.41, 5.74) is 6.59. The Balaban J connectivity index is 2.12. The zero-order valence-corrected chi connectivity index (χ0v) is 10.5. The normalized spacial score (nSPS) is 25.9. The second-order valence-electron chi connectivity index (χ2n) is 4.50. The van der Waals surface area contributed by atoms with Crippen molar-refractivity contribution in [1.82, 2.24) is 19.5 Å². The van der Waals surface area contributed by atoms with Gasteiger partial charge < -0.3 is 20.7 Å². The molecule has 0 aromatic carbocycles. The molecule has 0 bridgehead atoms. The van der Waals surface area contributed by atoms with E-state index in [9.17, 15) is 5.11 Å². The highest BCUT2D eigenvalue weighted by atomic mass is 16.5. The summed E-state index contributed by atoms with van der Waals surface area (Å²) in [6, 6.07) is 0. The molecule has 2 aromatic heterocycles. The molecule has 8 nitrogen and oxygen atoms in total. The van der Waals surface area contributed by atoms with Crippen LogP contribution in [0, 0.1) is 12.3 Å². The molecule has 0 radical (unpaired) electrons. The van der Waals surface area contributed by atoms with Crippen molar-refractivity contribution in [1.29, 1.82) is 0 Å². The first-order valence-corrected chi connectivity index (χ1v) is 6.05. The first-order valence-electron chi connectivity index (χ1n) is 6.05. The number of anilines is 1. The summed E-state index contributed by atoms with van der Waals surface area (Å²) in [6.45, 7) is -0.271. The SMILES string of the molecule is C#Cc1nc2c(N)ncnc2n1[C@H]1CC(O)[C@@H](CO)O1. The van der Waals surface area contributed by atoms with Gasteiger partial charge in [0.1, 0.15) is 18.7 Å². The van der Waals surface area contributed by atoms with Gasteiger partial charge in [0.05, 0.1) is 12.7 Å². The smallest absolute Gasteiger partial charge is 0.189 e. The van der Waals surface area contributed by atoms with Gasteiger partial charge in [-0.25, -0.2) is 15.0 Å². The molecule has 4 N–H and O–H groups in total. The van der Waals surface area contributed by atoms with E-state index in [1.165, 1.54) is 6.33 Å². The monoisotopic (exact) mass is 275 g/mol. The number of imidazole rings is 1. The molecule has 1 saturated heterocycles. The lowest BCUT2D eigenvalue weighted by atomic mass is 10.2. The second-order valence-corrected chi connectivity index (χ2v) is 4.50. The molecule has 0 aliphatic carbocycles. The number of nitrogens with two attached hydrogens (primary N) is 1. The van der Waals surface area contributed by atoms with Crippen LogP contribution in [0.3, 0.4) is 0 Å². The van der Waals surface area contributed by atoms with Gasteiger partial charge in [0.2, 0.25) is 0 Å². The largest absolute Gasteiger partial charge is 0.394 e. The van der Waals surface area contributed by atoms with Crippen LogP contribution in [0.5, 0.6) is 0 Å². The van der Waals surface area contributed by atoms with Crippen LogP contribution in [-0.2, 0) is 4.74 Å². The van der Waals surface area contributed by atoms with Gasteiger partial charge in [0, 0.05) is 6.42 Å². The molecule has 1 aliphatic heterocycles. The van der Waals surface area contributed by atoms with Gasteiger partial charge in [0.25, 0.3) is 0 Å². The third-order valence-corrected chi connectivity index (χ3v) is 3.31. The minimum absolute atomic E-state index is 0.225. The van der Waals surface area contributed by atoms with Crippen molar-refractivity contribution >= 4 is 17.0 Å². The van der Waals surface area contributed by atoms with E-state index in [2.05, 4.69) is 20.9 Å². The lowest BCUT2D eigenvalue weighted by molar-refractivity contribution is -0.0434. The van der Waals surface area contributed by atoms with E-state index < -0.39 is 18.4 Å². The maximum Gasteiger partial charge on any atom is 0.189 e. The zero-order chi connectivity index (χ0) is 14.3. The number of hydrogen-bond acceptors (Lipinski definition) is 7. The average molecular weight is 275 g/mol. The highest BCUT2D eigenvalue weighted by molar-refractivity contribution is 5.82. The van der Waals surface area contributed by atoms with Gasteiger partial charge in [-0.05, 0) is 5.92 Å². The fourth-order valence-electron chi connectivity index (χ4n) is 2.34. The number of terminal acetylenes is 1. The molecule has 1 unspecified atom stereocenters. The summed E-state index contributed by atoms with van der Waals surface area (Å²) in [5, 5.41) is 19.0. The van der Waals surface area contributed by atoms with E-state index in [-0.39, 0.29) is 18.8 Å². The molecule has 0 saturated carbocycles.